The highest BCUT2D eigenvalue weighted by molar-refractivity contribution is 7.98. The number of thioether (sulfide) groups is 1. The Balaban J connectivity index is 1.69. The number of amides is 1. The van der Waals surface area contributed by atoms with Crippen LogP contribution in [-0.2, 0) is 17.8 Å². The second-order valence-corrected chi connectivity index (χ2v) is 6.63. The Bertz CT molecular complexity index is 643. The summed E-state index contributed by atoms with van der Waals surface area (Å²) >= 11 is 1.72. The molecule has 0 aliphatic rings. The normalized spacial score (nSPS) is 10.8. The number of carbonyl (C=O) groups is 1. The van der Waals surface area contributed by atoms with E-state index in [1.807, 2.05) is 11.9 Å². The molecule has 0 spiro atoms. The summed E-state index contributed by atoms with van der Waals surface area (Å²) in [5, 5.41) is 2.90. The van der Waals surface area contributed by atoms with Crippen LogP contribution < -0.4 is 5.32 Å². The third kappa shape index (κ3) is 6.34. The number of carbonyl (C=O) groups excluding carboxylic acids is 1. The molecule has 0 heterocycles. The highest BCUT2D eigenvalue weighted by atomic mass is 32.2. The average molecular weight is 346 g/mol. The van der Waals surface area contributed by atoms with Crippen molar-refractivity contribution in [2.24, 2.45) is 0 Å². The van der Waals surface area contributed by atoms with E-state index in [-0.39, 0.29) is 11.7 Å². The number of rotatable bonds is 8. The van der Waals surface area contributed by atoms with Crippen LogP contribution in [0.1, 0.15) is 11.1 Å². The molecular formula is C19H23FN2OS. The Morgan fingerprint density at radius 3 is 2.33 bits per heavy atom. The van der Waals surface area contributed by atoms with E-state index in [0.717, 1.165) is 12.1 Å². The molecule has 0 bridgehead atoms. The van der Waals surface area contributed by atoms with Crippen LogP contribution in [-0.4, -0.2) is 37.2 Å². The van der Waals surface area contributed by atoms with Crippen LogP contribution in [0.15, 0.2) is 53.4 Å². The average Bonchev–Trinajstić information content (AvgIpc) is 2.57. The molecule has 24 heavy (non-hydrogen) atoms. The van der Waals surface area contributed by atoms with Crippen LogP contribution in [0, 0.1) is 5.82 Å². The molecule has 0 aliphatic carbocycles. The van der Waals surface area contributed by atoms with Crippen LogP contribution in [0.2, 0.25) is 0 Å². The van der Waals surface area contributed by atoms with Gasteiger partial charge < -0.3 is 5.32 Å². The summed E-state index contributed by atoms with van der Waals surface area (Å²) < 4.78 is 12.8. The summed E-state index contributed by atoms with van der Waals surface area (Å²) in [6, 6.07) is 14.7. The Kier molecular flexibility index (Phi) is 7.28. The van der Waals surface area contributed by atoms with Crippen molar-refractivity contribution in [3.8, 4) is 0 Å². The van der Waals surface area contributed by atoms with Crippen LogP contribution >= 0.6 is 11.8 Å². The molecule has 128 valence electrons. The fourth-order valence-electron chi connectivity index (χ4n) is 2.40. The van der Waals surface area contributed by atoms with Crippen molar-refractivity contribution in [3.63, 3.8) is 0 Å². The van der Waals surface area contributed by atoms with E-state index in [9.17, 15) is 9.18 Å². The fourth-order valence-corrected chi connectivity index (χ4v) is 2.81. The van der Waals surface area contributed by atoms with Gasteiger partial charge in [-0.25, -0.2) is 4.39 Å². The summed E-state index contributed by atoms with van der Waals surface area (Å²) in [5.41, 5.74) is 2.20. The van der Waals surface area contributed by atoms with Gasteiger partial charge in [-0.05, 0) is 55.1 Å². The molecule has 0 aromatic heterocycles. The van der Waals surface area contributed by atoms with Crippen molar-refractivity contribution >= 4 is 17.7 Å². The SMILES string of the molecule is CSc1ccc(CN(C)CC(=O)NCCc2ccc(F)cc2)cc1. The van der Waals surface area contributed by atoms with E-state index in [1.165, 1.54) is 22.6 Å². The molecule has 2 rings (SSSR count). The zero-order valence-electron chi connectivity index (χ0n) is 14.1. The third-order valence-corrected chi connectivity index (χ3v) is 4.42. The molecule has 1 amide bonds. The van der Waals surface area contributed by atoms with Crippen LogP contribution in [0.25, 0.3) is 0 Å². The summed E-state index contributed by atoms with van der Waals surface area (Å²) in [6.07, 6.45) is 2.75. The van der Waals surface area contributed by atoms with Crippen molar-refractivity contribution in [1.82, 2.24) is 10.2 Å². The zero-order chi connectivity index (χ0) is 17.4. The van der Waals surface area contributed by atoms with E-state index >= 15 is 0 Å². The molecule has 2 aromatic rings. The number of halogens is 1. The van der Waals surface area contributed by atoms with Crippen LogP contribution in [0.5, 0.6) is 0 Å². The molecule has 2 aromatic carbocycles. The van der Waals surface area contributed by atoms with E-state index < -0.39 is 0 Å². The maximum atomic E-state index is 12.8. The molecule has 1 N–H and O–H groups in total. The minimum Gasteiger partial charge on any atom is -0.355 e. The summed E-state index contributed by atoms with van der Waals surface area (Å²) in [6.45, 7) is 1.65. The lowest BCUT2D eigenvalue weighted by Gasteiger charge is -2.16. The Morgan fingerprint density at radius 1 is 1.08 bits per heavy atom. The lowest BCUT2D eigenvalue weighted by Crippen LogP contribution is -2.35. The predicted octanol–water partition coefficient (Wildman–Crippen LogP) is 3.34. The number of likely N-dealkylation sites (N-methyl/N-ethyl adjacent to an activating group) is 1. The Morgan fingerprint density at radius 2 is 1.71 bits per heavy atom. The first-order valence-electron chi connectivity index (χ1n) is 7.89. The van der Waals surface area contributed by atoms with Crippen molar-refractivity contribution in [2.75, 3.05) is 26.4 Å². The molecule has 3 nitrogen and oxygen atoms in total. The summed E-state index contributed by atoms with van der Waals surface area (Å²) in [4.78, 5) is 15.2. The number of benzene rings is 2. The monoisotopic (exact) mass is 346 g/mol. The molecule has 0 atom stereocenters. The molecule has 0 radical (unpaired) electrons. The minimum atomic E-state index is -0.241. The van der Waals surface area contributed by atoms with Gasteiger partial charge in [0, 0.05) is 18.0 Å². The van der Waals surface area contributed by atoms with Gasteiger partial charge in [-0.3, -0.25) is 9.69 Å². The standard InChI is InChI=1S/C19H23FN2OS/c1-22(13-16-5-9-18(24-2)10-6-16)14-19(23)21-12-11-15-3-7-17(20)8-4-15/h3-10H,11-14H2,1-2H3,(H,21,23). The van der Waals surface area contributed by atoms with Crippen LogP contribution in [0.3, 0.4) is 0 Å². The Labute approximate surface area is 147 Å². The van der Waals surface area contributed by atoms with Gasteiger partial charge in [0.2, 0.25) is 5.91 Å². The van der Waals surface area contributed by atoms with Gasteiger partial charge in [0.1, 0.15) is 5.82 Å². The maximum Gasteiger partial charge on any atom is 0.234 e. The summed E-state index contributed by atoms with van der Waals surface area (Å²) in [7, 11) is 1.93. The molecule has 0 fully saturated rings. The van der Waals surface area contributed by atoms with E-state index in [2.05, 4.69) is 35.8 Å². The van der Waals surface area contributed by atoms with Gasteiger partial charge in [0.05, 0.1) is 6.54 Å². The van der Waals surface area contributed by atoms with Crippen molar-refractivity contribution in [3.05, 3.63) is 65.5 Å². The van der Waals surface area contributed by atoms with Crippen molar-refractivity contribution < 1.29 is 9.18 Å². The van der Waals surface area contributed by atoms with Crippen molar-refractivity contribution in [2.45, 2.75) is 17.9 Å². The predicted molar refractivity (Wildman–Crippen MR) is 97.7 cm³/mol. The minimum absolute atomic E-state index is 0.000320. The van der Waals surface area contributed by atoms with E-state index in [4.69, 9.17) is 0 Å². The molecular weight excluding hydrogens is 323 g/mol. The molecule has 0 aliphatic heterocycles. The van der Waals surface area contributed by atoms with Crippen molar-refractivity contribution in [1.29, 1.82) is 0 Å². The summed E-state index contributed by atoms with van der Waals surface area (Å²) in [5.74, 6) is -0.240. The van der Waals surface area contributed by atoms with Gasteiger partial charge in [-0.15, -0.1) is 11.8 Å². The first kappa shape index (κ1) is 18.5. The van der Waals surface area contributed by atoms with Gasteiger partial charge in [0.15, 0.2) is 0 Å². The first-order chi connectivity index (χ1) is 11.6. The van der Waals surface area contributed by atoms with Gasteiger partial charge in [-0.1, -0.05) is 24.3 Å². The quantitative estimate of drug-likeness (QED) is 0.744. The second-order valence-electron chi connectivity index (χ2n) is 5.75. The van der Waals surface area contributed by atoms with Gasteiger partial charge in [0.25, 0.3) is 0 Å². The lowest BCUT2D eigenvalue weighted by atomic mass is 10.1. The Hall–Kier alpha value is -1.85. The number of hydrogen-bond acceptors (Lipinski definition) is 3. The maximum absolute atomic E-state index is 12.8. The second kappa shape index (κ2) is 9.45. The van der Waals surface area contributed by atoms with Gasteiger partial charge >= 0.3 is 0 Å². The smallest absolute Gasteiger partial charge is 0.234 e. The highest BCUT2D eigenvalue weighted by Gasteiger charge is 2.07. The topological polar surface area (TPSA) is 32.3 Å². The molecule has 0 saturated carbocycles. The fraction of sp³-hybridized carbons (Fsp3) is 0.316. The highest BCUT2D eigenvalue weighted by Crippen LogP contribution is 2.15. The molecule has 0 unspecified atom stereocenters. The van der Waals surface area contributed by atoms with Crippen LogP contribution in [0.4, 0.5) is 4.39 Å². The molecule has 0 saturated heterocycles. The van der Waals surface area contributed by atoms with Gasteiger partial charge in [-0.2, -0.15) is 0 Å². The molecule has 5 heteroatoms. The largest absolute Gasteiger partial charge is 0.355 e. The zero-order valence-corrected chi connectivity index (χ0v) is 14.9. The number of nitrogens with one attached hydrogen (secondary N) is 1. The third-order valence-electron chi connectivity index (χ3n) is 3.67. The lowest BCUT2D eigenvalue weighted by molar-refractivity contribution is -0.122. The number of nitrogens with zero attached hydrogens (tertiary/aromatic N) is 1. The number of hydrogen-bond donors (Lipinski definition) is 1. The first-order valence-corrected chi connectivity index (χ1v) is 9.12. The van der Waals surface area contributed by atoms with E-state index in [1.54, 1.807) is 23.9 Å². The van der Waals surface area contributed by atoms with E-state index in [0.29, 0.717) is 19.5 Å².